The summed E-state index contributed by atoms with van der Waals surface area (Å²) < 4.78 is 1.14. The van der Waals surface area contributed by atoms with Gasteiger partial charge in [0.1, 0.15) is 0 Å². The molecule has 0 aliphatic rings. The van der Waals surface area contributed by atoms with E-state index in [-0.39, 0.29) is 5.28 Å². The van der Waals surface area contributed by atoms with E-state index >= 15 is 0 Å². The molecule has 0 saturated carbocycles. The molecule has 2 heterocycles. The molecular weight excluding hydrogens is 336 g/mol. The number of anilines is 2. The van der Waals surface area contributed by atoms with Crippen LogP contribution in [0.3, 0.4) is 0 Å². The highest BCUT2D eigenvalue weighted by molar-refractivity contribution is 9.11. The van der Waals surface area contributed by atoms with Gasteiger partial charge in [0.05, 0.1) is 15.2 Å². The third kappa shape index (κ3) is 3.34. The molecule has 3 N–H and O–H groups in total. The van der Waals surface area contributed by atoms with Gasteiger partial charge in [-0.3, -0.25) is 0 Å². The van der Waals surface area contributed by atoms with Gasteiger partial charge in [0, 0.05) is 11.4 Å². The summed E-state index contributed by atoms with van der Waals surface area (Å²) in [4.78, 5) is 9.37. The highest BCUT2D eigenvalue weighted by atomic mass is 79.9. The van der Waals surface area contributed by atoms with Crippen molar-refractivity contribution in [1.29, 1.82) is 0 Å². The Balaban J connectivity index is 1.98. The van der Waals surface area contributed by atoms with Gasteiger partial charge < -0.3 is 11.1 Å². The van der Waals surface area contributed by atoms with E-state index in [0.717, 1.165) is 16.8 Å². The van der Waals surface area contributed by atoms with Gasteiger partial charge in [-0.2, -0.15) is 4.98 Å². The van der Waals surface area contributed by atoms with E-state index in [4.69, 9.17) is 17.3 Å². The summed E-state index contributed by atoms with van der Waals surface area (Å²) in [6.07, 6.45) is 0.913. The molecule has 2 aromatic heterocycles. The number of aryl methyl sites for hydroxylation is 1. The topological polar surface area (TPSA) is 63.8 Å². The van der Waals surface area contributed by atoms with Gasteiger partial charge in [0.2, 0.25) is 5.28 Å². The molecule has 0 aliphatic carbocycles. The van der Waals surface area contributed by atoms with E-state index in [1.807, 2.05) is 13.0 Å². The Hall–Kier alpha value is -0.850. The molecule has 18 heavy (non-hydrogen) atoms. The summed E-state index contributed by atoms with van der Waals surface area (Å²) in [5.74, 6) is 0.600. The molecule has 0 unspecified atom stereocenters. The predicted molar refractivity (Wildman–Crippen MR) is 80.4 cm³/mol. The number of hydrogen-bond acceptors (Lipinski definition) is 5. The van der Waals surface area contributed by atoms with Crippen LogP contribution in [-0.2, 0) is 6.42 Å². The average molecular weight is 348 g/mol. The van der Waals surface area contributed by atoms with E-state index in [2.05, 4.69) is 37.3 Å². The Morgan fingerprint density at radius 2 is 2.22 bits per heavy atom. The van der Waals surface area contributed by atoms with Crippen LogP contribution in [0.15, 0.2) is 15.9 Å². The first-order valence-corrected chi connectivity index (χ1v) is 7.32. The quantitative estimate of drug-likeness (QED) is 0.831. The molecule has 0 aromatic carbocycles. The maximum absolute atomic E-state index is 5.88. The highest BCUT2D eigenvalue weighted by Crippen LogP contribution is 2.23. The molecule has 96 valence electrons. The Bertz CT molecular complexity index is 558. The number of rotatable bonds is 4. The number of halogens is 2. The van der Waals surface area contributed by atoms with Crippen LogP contribution < -0.4 is 11.1 Å². The van der Waals surface area contributed by atoms with Gasteiger partial charge in [-0.05, 0) is 53.0 Å². The van der Waals surface area contributed by atoms with Crippen LogP contribution in [0.5, 0.6) is 0 Å². The lowest BCUT2D eigenvalue weighted by Crippen LogP contribution is -2.10. The molecule has 0 saturated heterocycles. The molecule has 4 nitrogen and oxygen atoms in total. The molecule has 0 bridgehead atoms. The third-order valence-corrected chi connectivity index (χ3v) is 4.25. The normalized spacial score (nSPS) is 10.6. The highest BCUT2D eigenvalue weighted by Gasteiger charge is 2.07. The van der Waals surface area contributed by atoms with Crippen molar-refractivity contribution in [2.45, 2.75) is 13.3 Å². The maximum Gasteiger partial charge on any atom is 0.224 e. The molecule has 0 atom stereocenters. The second kappa shape index (κ2) is 5.86. The summed E-state index contributed by atoms with van der Waals surface area (Å²) in [5, 5.41) is 3.39. The first-order valence-electron chi connectivity index (χ1n) is 5.34. The minimum atomic E-state index is 0.211. The SMILES string of the molecule is Cc1nc(Cl)nc(NCCc2ccc(Br)s2)c1N. The lowest BCUT2D eigenvalue weighted by molar-refractivity contribution is 1.01. The molecule has 0 fully saturated rings. The van der Waals surface area contributed by atoms with E-state index < -0.39 is 0 Å². The largest absolute Gasteiger partial charge is 0.394 e. The molecule has 0 amide bonds. The van der Waals surface area contributed by atoms with Crippen LogP contribution >= 0.6 is 38.9 Å². The minimum absolute atomic E-state index is 0.211. The van der Waals surface area contributed by atoms with Crippen molar-refractivity contribution >= 4 is 50.4 Å². The third-order valence-electron chi connectivity index (χ3n) is 2.40. The number of hydrogen-bond donors (Lipinski definition) is 2. The smallest absolute Gasteiger partial charge is 0.224 e. The molecule has 2 rings (SSSR count). The number of thiophene rings is 1. The van der Waals surface area contributed by atoms with Crippen LogP contribution in [0, 0.1) is 6.92 Å². The van der Waals surface area contributed by atoms with Crippen molar-refractivity contribution in [1.82, 2.24) is 9.97 Å². The van der Waals surface area contributed by atoms with Gasteiger partial charge >= 0.3 is 0 Å². The van der Waals surface area contributed by atoms with Gasteiger partial charge in [0.15, 0.2) is 5.82 Å². The Morgan fingerprint density at radius 1 is 1.44 bits per heavy atom. The van der Waals surface area contributed by atoms with Crippen LogP contribution in [0.1, 0.15) is 10.6 Å². The Kier molecular flexibility index (Phi) is 4.42. The Labute approximate surface area is 123 Å². The maximum atomic E-state index is 5.88. The minimum Gasteiger partial charge on any atom is -0.394 e. The second-order valence-corrected chi connectivity index (χ2v) is 6.61. The van der Waals surface area contributed by atoms with Crippen molar-refractivity contribution in [3.63, 3.8) is 0 Å². The zero-order valence-corrected chi connectivity index (χ0v) is 12.9. The van der Waals surface area contributed by atoms with E-state index in [1.54, 1.807) is 11.3 Å². The summed E-state index contributed by atoms with van der Waals surface area (Å²) in [5.41, 5.74) is 7.12. The second-order valence-electron chi connectivity index (χ2n) is 3.72. The fraction of sp³-hybridized carbons (Fsp3) is 0.273. The fourth-order valence-electron chi connectivity index (χ4n) is 1.47. The van der Waals surface area contributed by atoms with Gasteiger partial charge in [-0.1, -0.05) is 0 Å². The fourth-order valence-corrected chi connectivity index (χ4v) is 3.17. The van der Waals surface area contributed by atoms with Gasteiger partial charge in [-0.25, -0.2) is 4.98 Å². The zero-order valence-electron chi connectivity index (χ0n) is 9.70. The average Bonchev–Trinajstić information content (AvgIpc) is 2.71. The number of aromatic nitrogens is 2. The van der Waals surface area contributed by atoms with Crippen LogP contribution in [-0.4, -0.2) is 16.5 Å². The number of nitrogens with two attached hydrogens (primary N) is 1. The molecular formula is C11H12BrClN4S. The summed E-state index contributed by atoms with van der Waals surface area (Å²) in [7, 11) is 0. The van der Waals surface area contributed by atoms with Crippen LogP contribution in [0.2, 0.25) is 5.28 Å². The zero-order chi connectivity index (χ0) is 13.1. The molecule has 7 heteroatoms. The van der Waals surface area contributed by atoms with Gasteiger partial charge in [0.25, 0.3) is 0 Å². The lowest BCUT2D eigenvalue weighted by Gasteiger charge is -2.09. The summed E-state index contributed by atoms with van der Waals surface area (Å²) in [6.45, 7) is 2.56. The molecule has 0 aliphatic heterocycles. The number of nitrogen functional groups attached to an aromatic ring is 1. The van der Waals surface area contributed by atoms with Crippen molar-refractivity contribution in [2.75, 3.05) is 17.6 Å². The van der Waals surface area contributed by atoms with E-state index in [9.17, 15) is 0 Å². The first kappa shape index (κ1) is 13.6. The van der Waals surface area contributed by atoms with Crippen LogP contribution in [0.25, 0.3) is 0 Å². The van der Waals surface area contributed by atoms with Crippen molar-refractivity contribution < 1.29 is 0 Å². The van der Waals surface area contributed by atoms with Crippen molar-refractivity contribution in [3.05, 3.63) is 31.8 Å². The van der Waals surface area contributed by atoms with Crippen molar-refractivity contribution in [3.8, 4) is 0 Å². The van der Waals surface area contributed by atoms with Gasteiger partial charge in [-0.15, -0.1) is 11.3 Å². The number of nitrogens with one attached hydrogen (secondary N) is 1. The first-order chi connectivity index (χ1) is 8.56. The lowest BCUT2D eigenvalue weighted by atomic mass is 10.3. The van der Waals surface area contributed by atoms with E-state index in [1.165, 1.54) is 4.88 Å². The summed E-state index contributed by atoms with van der Waals surface area (Å²) >= 11 is 11.0. The monoisotopic (exact) mass is 346 g/mol. The van der Waals surface area contributed by atoms with Crippen LogP contribution in [0.4, 0.5) is 11.5 Å². The molecule has 0 radical (unpaired) electrons. The summed E-state index contributed by atoms with van der Waals surface area (Å²) in [6, 6.07) is 4.14. The standard InChI is InChI=1S/C11H12BrClN4S/c1-6-9(14)10(17-11(13)16-6)15-5-4-7-2-3-8(12)18-7/h2-3H,4-5,14H2,1H3,(H,15,16,17). The Morgan fingerprint density at radius 3 is 2.89 bits per heavy atom. The predicted octanol–water partition coefficient (Wildman–Crippen LogP) is 3.50. The number of nitrogens with zero attached hydrogens (tertiary/aromatic N) is 2. The molecule has 0 spiro atoms. The molecule has 2 aromatic rings. The van der Waals surface area contributed by atoms with Crippen molar-refractivity contribution in [2.24, 2.45) is 0 Å². The van der Waals surface area contributed by atoms with E-state index in [0.29, 0.717) is 17.2 Å².